The molecule has 0 saturated heterocycles. The van der Waals surface area contributed by atoms with Gasteiger partial charge in [-0.3, -0.25) is 4.99 Å². The molecule has 0 spiro atoms. The predicted molar refractivity (Wildman–Crippen MR) is 48.8 cm³/mol. The molecule has 10 heavy (non-hydrogen) atoms. The van der Waals surface area contributed by atoms with Crippen LogP contribution < -0.4 is 0 Å². The monoisotopic (exact) mass is 155 g/mol. The molecule has 0 unspecified atom stereocenters. The molecule has 1 rings (SSSR count). The average Bonchev–Trinajstić information content (AvgIpc) is 2.40. The Bertz CT molecular complexity index is 170. The van der Waals surface area contributed by atoms with Gasteiger partial charge in [-0.1, -0.05) is 0 Å². The first-order valence-corrected chi connectivity index (χ1v) is 4.81. The fourth-order valence-electron chi connectivity index (χ4n) is 0.973. The Balaban J connectivity index is 2.50. The lowest BCUT2D eigenvalue weighted by molar-refractivity contribution is 0.951. The maximum absolute atomic E-state index is 4.35. The van der Waals surface area contributed by atoms with E-state index in [1.807, 2.05) is 0 Å². The molecule has 56 valence electrons. The molecule has 1 aliphatic rings. The van der Waals surface area contributed by atoms with Crippen LogP contribution in [0.2, 0.25) is 0 Å². The standard InChI is InChI=1S/C8H13NS/c1-7(10-2)6-8-4-3-5-9-8/h6H,3-5H2,1-2H3/b7-6-. The SMILES string of the molecule is CS/C(C)=C\C1=NCCC1. The van der Waals surface area contributed by atoms with Crippen LogP contribution in [0.3, 0.4) is 0 Å². The molecular weight excluding hydrogens is 142 g/mol. The van der Waals surface area contributed by atoms with E-state index in [0.29, 0.717) is 0 Å². The van der Waals surface area contributed by atoms with Gasteiger partial charge in [-0.2, -0.15) is 0 Å². The van der Waals surface area contributed by atoms with Crippen molar-refractivity contribution in [3.05, 3.63) is 11.0 Å². The van der Waals surface area contributed by atoms with Crippen molar-refractivity contribution in [3.8, 4) is 0 Å². The van der Waals surface area contributed by atoms with Crippen molar-refractivity contribution in [2.24, 2.45) is 4.99 Å². The van der Waals surface area contributed by atoms with Crippen molar-refractivity contribution in [2.45, 2.75) is 19.8 Å². The van der Waals surface area contributed by atoms with Crippen molar-refractivity contribution in [2.75, 3.05) is 12.8 Å². The van der Waals surface area contributed by atoms with Gasteiger partial charge in [0, 0.05) is 12.3 Å². The quantitative estimate of drug-likeness (QED) is 0.596. The van der Waals surface area contributed by atoms with Crippen LogP contribution in [0.15, 0.2) is 16.0 Å². The molecule has 1 aliphatic heterocycles. The number of hydrogen-bond donors (Lipinski definition) is 0. The van der Waals surface area contributed by atoms with Crippen molar-refractivity contribution in [3.63, 3.8) is 0 Å². The minimum Gasteiger partial charge on any atom is -0.290 e. The van der Waals surface area contributed by atoms with Gasteiger partial charge in [0.1, 0.15) is 0 Å². The van der Waals surface area contributed by atoms with E-state index in [1.165, 1.54) is 23.5 Å². The average molecular weight is 155 g/mol. The Kier molecular flexibility index (Phi) is 3.00. The normalized spacial score (nSPS) is 19.4. The van der Waals surface area contributed by atoms with Gasteiger partial charge < -0.3 is 0 Å². The van der Waals surface area contributed by atoms with E-state index in [4.69, 9.17) is 0 Å². The first kappa shape index (κ1) is 7.86. The second-order valence-electron chi connectivity index (χ2n) is 2.44. The van der Waals surface area contributed by atoms with E-state index in [-0.39, 0.29) is 0 Å². The summed E-state index contributed by atoms with van der Waals surface area (Å²) in [6, 6.07) is 0. The Hall–Kier alpha value is -0.240. The number of thioether (sulfide) groups is 1. The summed E-state index contributed by atoms with van der Waals surface area (Å²) in [5.41, 5.74) is 1.28. The van der Waals surface area contributed by atoms with Gasteiger partial charge in [-0.25, -0.2) is 0 Å². The third kappa shape index (κ3) is 2.18. The van der Waals surface area contributed by atoms with E-state index in [9.17, 15) is 0 Å². The van der Waals surface area contributed by atoms with Gasteiger partial charge in [0.2, 0.25) is 0 Å². The van der Waals surface area contributed by atoms with E-state index in [0.717, 1.165) is 6.54 Å². The lowest BCUT2D eigenvalue weighted by atomic mass is 10.2. The van der Waals surface area contributed by atoms with E-state index in [2.05, 4.69) is 24.2 Å². The summed E-state index contributed by atoms with van der Waals surface area (Å²) in [6.45, 7) is 3.17. The number of allylic oxidation sites excluding steroid dienone is 2. The summed E-state index contributed by atoms with van der Waals surface area (Å²) in [7, 11) is 0. The summed E-state index contributed by atoms with van der Waals surface area (Å²) in [5.74, 6) is 0. The van der Waals surface area contributed by atoms with Crippen LogP contribution in [0.5, 0.6) is 0 Å². The van der Waals surface area contributed by atoms with Gasteiger partial charge in [-0.05, 0) is 37.0 Å². The zero-order valence-corrected chi connectivity index (χ0v) is 7.37. The minimum atomic E-state index is 1.04. The Morgan fingerprint density at radius 2 is 2.50 bits per heavy atom. The molecule has 0 atom stereocenters. The summed E-state index contributed by atoms with van der Waals surface area (Å²) in [6.07, 6.45) is 6.71. The first-order chi connectivity index (χ1) is 4.83. The largest absolute Gasteiger partial charge is 0.290 e. The molecule has 0 amide bonds. The highest BCUT2D eigenvalue weighted by atomic mass is 32.2. The molecule has 1 nitrogen and oxygen atoms in total. The molecule has 0 aromatic heterocycles. The highest BCUT2D eigenvalue weighted by Crippen LogP contribution is 2.13. The third-order valence-corrected chi connectivity index (χ3v) is 2.36. The summed E-state index contributed by atoms with van der Waals surface area (Å²) < 4.78 is 0. The molecule has 0 aromatic carbocycles. The van der Waals surface area contributed by atoms with Crippen LogP contribution in [-0.4, -0.2) is 18.5 Å². The van der Waals surface area contributed by atoms with Gasteiger partial charge in [-0.15, -0.1) is 11.8 Å². The molecule has 0 fully saturated rings. The van der Waals surface area contributed by atoms with Crippen LogP contribution in [0.1, 0.15) is 19.8 Å². The van der Waals surface area contributed by atoms with E-state index < -0.39 is 0 Å². The number of hydrogen-bond acceptors (Lipinski definition) is 2. The lowest BCUT2D eigenvalue weighted by Crippen LogP contribution is -1.85. The lowest BCUT2D eigenvalue weighted by Gasteiger charge is -1.93. The van der Waals surface area contributed by atoms with Crippen molar-refractivity contribution >= 4 is 17.5 Å². The maximum Gasteiger partial charge on any atom is 0.0396 e. The van der Waals surface area contributed by atoms with Crippen LogP contribution >= 0.6 is 11.8 Å². The molecule has 1 heterocycles. The molecule has 0 aliphatic carbocycles. The van der Waals surface area contributed by atoms with Gasteiger partial charge in [0.05, 0.1) is 0 Å². The van der Waals surface area contributed by atoms with E-state index >= 15 is 0 Å². The smallest absolute Gasteiger partial charge is 0.0396 e. The van der Waals surface area contributed by atoms with Gasteiger partial charge in [0.25, 0.3) is 0 Å². The third-order valence-electron chi connectivity index (χ3n) is 1.60. The van der Waals surface area contributed by atoms with Crippen LogP contribution in [0, 0.1) is 0 Å². The first-order valence-electron chi connectivity index (χ1n) is 3.58. The zero-order chi connectivity index (χ0) is 7.40. The predicted octanol–water partition coefficient (Wildman–Crippen LogP) is 2.49. The number of nitrogens with zero attached hydrogens (tertiary/aromatic N) is 1. The van der Waals surface area contributed by atoms with Crippen LogP contribution in [0.25, 0.3) is 0 Å². The Morgan fingerprint density at radius 3 is 3.00 bits per heavy atom. The van der Waals surface area contributed by atoms with Crippen molar-refractivity contribution in [1.29, 1.82) is 0 Å². The fourth-order valence-corrected chi connectivity index (χ4v) is 1.23. The maximum atomic E-state index is 4.35. The number of aliphatic imine (C=N–C) groups is 1. The minimum absolute atomic E-state index is 1.04. The Labute approximate surface area is 66.6 Å². The molecule has 0 aromatic rings. The molecule has 0 bridgehead atoms. The summed E-state index contributed by atoms with van der Waals surface area (Å²) in [4.78, 5) is 5.71. The molecule has 0 N–H and O–H groups in total. The van der Waals surface area contributed by atoms with Crippen LogP contribution in [0.4, 0.5) is 0 Å². The van der Waals surface area contributed by atoms with Crippen molar-refractivity contribution in [1.82, 2.24) is 0 Å². The molecule has 0 saturated carbocycles. The zero-order valence-electron chi connectivity index (χ0n) is 6.55. The highest BCUT2D eigenvalue weighted by Gasteiger charge is 2.02. The Morgan fingerprint density at radius 1 is 1.70 bits per heavy atom. The van der Waals surface area contributed by atoms with Crippen molar-refractivity contribution < 1.29 is 0 Å². The number of rotatable bonds is 2. The van der Waals surface area contributed by atoms with Crippen LogP contribution in [-0.2, 0) is 0 Å². The summed E-state index contributed by atoms with van der Waals surface area (Å²) >= 11 is 1.79. The highest BCUT2D eigenvalue weighted by molar-refractivity contribution is 8.02. The second-order valence-corrected chi connectivity index (χ2v) is 3.49. The van der Waals surface area contributed by atoms with Gasteiger partial charge >= 0.3 is 0 Å². The topological polar surface area (TPSA) is 12.4 Å². The molecular formula is C8H13NS. The van der Waals surface area contributed by atoms with Gasteiger partial charge in [0.15, 0.2) is 0 Å². The summed E-state index contributed by atoms with van der Waals surface area (Å²) in [5, 5.41) is 0. The van der Waals surface area contributed by atoms with E-state index in [1.54, 1.807) is 11.8 Å². The second kappa shape index (κ2) is 3.81. The molecule has 2 heteroatoms. The molecule has 0 radical (unpaired) electrons. The fraction of sp³-hybridized carbons (Fsp3) is 0.625.